The molecule has 0 aliphatic heterocycles. The Morgan fingerprint density at radius 3 is 2.73 bits per heavy atom. The molecular weight excluding hydrogens is 192 g/mol. The third-order valence-electron chi connectivity index (χ3n) is 2.10. The lowest BCUT2D eigenvalue weighted by molar-refractivity contribution is 0.182. The zero-order valence-corrected chi connectivity index (χ0v) is 8.11. The van der Waals surface area contributed by atoms with Crippen molar-refractivity contribution in [2.24, 2.45) is 5.73 Å². The number of hydrogen-bond donors (Lipinski definition) is 2. The summed E-state index contributed by atoms with van der Waals surface area (Å²) >= 11 is 0. The van der Waals surface area contributed by atoms with Gasteiger partial charge in [-0.1, -0.05) is 23.4 Å². The van der Waals surface area contributed by atoms with E-state index in [-0.39, 0.29) is 6.54 Å². The molecule has 1 atom stereocenters. The first-order valence-electron chi connectivity index (χ1n) is 4.67. The Morgan fingerprint density at radius 2 is 2.07 bits per heavy atom. The lowest BCUT2D eigenvalue weighted by Crippen LogP contribution is -2.11. The maximum absolute atomic E-state index is 9.45. The minimum absolute atomic E-state index is 0.146. The van der Waals surface area contributed by atoms with E-state index in [0.717, 1.165) is 5.69 Å². The van der Waals surface area contributed by atoms with Crippen LogP contribution in [0.3, 0.4) is 0 Å². The summed E-state index contributed by atoms with van der Waals surface area (Å²) in [7, 11) is 0. The van der Waals surface area contributed by atoms with Crippen molar-refractivity contribution in [3.05, 3.63) is 42.2 Å². The molecule has 0 aliphatic rings. The predicted octanol–water partition coefficient (Wildman–Crippen LogP) is 0.259. The number of aromatic nitrogens is 3. The zero-order chi connectivity index (χ0) is 10.7. The second-order valence-corrected chi connectivity index (χ2v) is 3.18. The van der Waals surface area contributed by atoms with Crippen LogP contribution in [0.5, 0.6) is 0 Å². The molecular formula is C10H12N4O. The molecule has 3 N–H and O–H groups in total. The van der Waals surface area contributed by atoms with E-state index in [1.54, 1.807) is 10.9 Å². The zero-order valence-electron chi connectivity index (χ0n) is 8.11. The summed E-state index contributed by atoms with van der Waals surface area (Å²) in [5.74, 6) is 0. The molecule has 0 bridgehead atoms. The number of hydrogen-bond acceptors (Lipinski definition) is 4. The van der Waals surface area contributed by atoms with Crippen molar-refractivity contribution < 1.29 is 5.11 Å². The first-order chi connectivity index (χ1) is 7.31. The second kappa shape index (κ2) is 4.20. The molecule has 0 saturated heterocycles. The first kappa shape index (κ1) is 9.82. The number of benzene rings is 1. The molecule has 2 rings (SSSR count). The van der Waals surface area contributed by atoms with Gasteiger partial charge in [-0.3, -0.25) is 0 Å². The Hall–Kier alpha value is -1.72. The van der Waals surface area contributed by atoms with Gasteiger partial charge in [-0.2, -0.15) is 0 Å². The van der Waals surface area contributed by atoms with E-state index in [1.807, 2.05) is 30.3 Å². The number of para-hydroxylation sites is 1. The van der Waals surface area contributed by atoms with Gasteiger partial charge in [-0.05, 0) is 12.1 Å². The second-order valence-electron chi connectivity index (χ2n) is 3.18. The van der Waals surface area contributed by atoms with Gasteiger partial charge in [0, 0.05) is 6.54 Å². The third-order valence-corrected chi connectivity index (χ3v) is 2.10. The first-order valence-corrected chi connectivity index (χ1v) is 4.67. The molecule has 0 saturated carbocycles. The van der Waals surface area contributed by atoms with Gasteiger partial charge in [-0.25, -0.2) is 4.68 Å². The van der Waals surface area contributed by atoms with Crippen LogP contribution < -0.4 is 5.73 Å². The molecule has 78 valence electrons. The average Bonchev–Trinajstić information content (AvgIpc) is 2.78. The van der Waals surface area contributed by atoms with Crippen LogP contribution in [0.4, 0.5) is 0 Å². The van der Waals surface area contributed by atoms with E-state index in [4.69, 9.17) is 5.73 Å². The van der Waals surface area contributed by atoms with Gasteiger partial charge in [-0.15, -0.1) is 5.10 Å². The molecule has 1 aromatic carbocycles. The van der Waals surface area contributed by atoms with Crippen molar-refractivity contribution in [2.45, 2.75) is 6.10 Å². The molecule has 5 nitrogen and oxygen atoms in total. The number of nitrogens with two attached hydrogens (primary N) is 1. The SMILES string of the molecule is NC[C@H](O)c1cn(-c2ccccc2)nn1. The maximum atomic E-state index is 9.45. The molecule has 0 unspecified atom stereocenters. The Balaban J connectivity index is 2.28. The van der Waals surface area contributed by atoms with Crippen molar-refractivity contribution in [2.75, 3.05) is 6.54 Å². The minimum Gasteiger partial charge on any atom is -0.385 e. The van der Waals surface area contributed by atoms with Crippen molar-refractivity contribution in [3.8, 4) is 5.69 Å². The fourth-order valence-corrected chi connectivity index (χ4v) is 1.26. The smallest absolute Gasteiger partial charge is 0.113 e. The summed E-state index contributed by atoms with van der Waals surface area (Å²) in [4.78, 5) is 0. The highest BCUT2D eigenvalue weighted by atomic mass is 16.3. The van der Waals surface area contributed by atoms with Crippen LogP contribution in [0.2, 0.25) is 0 Å². The topological polar surface area (TPSA) is 77.0 Å². The quantitative estimate of drug-likeness (QED) is 0.751. The number of rotatable bonds is 3. The maximum Gasteiger partial charge on any atom is 0.113 e. The fourth-order valence-electron chi connectivity index (χ4n) is 1.26. The van der Waals surface area contributed by atoms with Crippen molar-refractivity contribution in [1.82, 2.24) is 15.0 Å². The standard InChI is InChI=1S/C10H12N4O/c11-6-10(15)9-7-14(13-12-9)8-4-2-1-3-5-8/h1-5,7,10,15H,6,11H2/t10-/m0/s1. The van der Waals surface area contributed by atoms with Gasteiger partial charge >= 0.3 is 0 Å². The van der Waals surface area contributed by atoms with E-state index >= 15 is 0 Å². The summed E-state index contributed by atoms with van der Waals surface area (Å²) in [6.45, 7) is 0.146. The van der Waals surface area contributed by atoms with Crippen LogP contribution in [-0.2, 0) is 0 Å². The third kappa shape index (κ3) is 2.03. The molecule has 2 aromatic rings. The van der Waals surface area contributed by atoms with E-state index in [2.05, 4.69) is 10.3 Å². The van der Waals surface area contributed by atoms with Crippen LogP contribution in [0, 0.1) is 0 Å². The molecule has 0 spiro atoms. The van der Waals surface area contributed by atoms with E-state index in [9.17, 15) is 5.11 Å². The van der Waals surface area contributed by atoms with E-state index in [1.165, 1.54) is 0 Å². The Morgan fingerprint density at radius 1 is 1.33 bits per heavy atom. The molecule has 0 radical (unpaired) electrons. The normalized spacial score (nSPS) is 12.7. The lowest BCUT2D eigenvalue weighted by Gasteiger charge is -2.00. The Kier molecular flexibility index (Phi) is 2.75. The van der Waals surface area contributed by atoms with Gasteiger partial charge in [0.1, 0.15) is 11.8 Å². The number of aliphatic hydroxyl groups excluding tert-OH is 1. The molecule has 5 heteroatoms. The van der Waals surface area contributed by atoms with E-state index in [0.29, 0.717) is 5.69 Å². The fraction of sp³-hybridized carbons (Fsp3) is 0.200. The van der Waals surface area contributed by atoms with E-state index < -0.39 is 6.10 Å². The summed E-state index contributed by atoms with van der Waals surface area (Å²) in [6.07, 6.45) is 0.926. The van der Waals surface area contributed by atoms with Crippen molar-refractivity contribution in [3.63, 3.8) is 0 Å². The molecule has 0 amide bonds. The summed E-state index contributed by atoms with van der Waals surface area (Å²) in [6, 6.07) is 9.57. The summed E-state index contributed by atoms with van der Waals surface area (Å²) in [5, 5.41) is 17.2. The van der Waals surface area contributed by atoms with Crippen molar-refractivity contribution in [1.29, 1.82) is 0 Å². The van der Waals surface area contributed by atoms with Gasteiger partial charge in [0.15, 0.2) is 0 Å². The van der Waals surface area contributed by atoms with Gasteiger partial charge in [0.2, 0.25) is 0 Å². The van der Waals surface area contributed by atoms with Gasteiger partial charge in [0.25, 0.3) is 0 Å². The largest absolute Gasteiger partial charge is 0.385 e. The molecule has 1 heterocycles. The van der Waals surface area contributed by atoms with Crippen LogP contribution >= 0.6 is 0 Å². The van der Waals surface area contributed by atoms with Crippen LogP contribution in [0.1, 0.15) is 11.8 Å². The molecule has 15 heavy (non-hydrogen) atoms. The average molecular weight is 204 g/mol. The number of nitrogens with zero attached hydrogens (tertiary/aromatic N) is 3. The molecule has 0 fully saturated rings. The Bertz CT molecular complexity index is 426. The van der Waals surface area contributed by atoms with Crippen LogP contribution in [-0.4, -0.2) is 26.6 Å². The molecule has 0 aliphatic carbocycles. The molecule has 1 aromatic heterocycles. The van der Waals surface area contributed by atoms with Gasteiger partial charge in [0.05, 0.1) is 11.9 Å². The summed E-state index contributed by atoms with van der Waals surface area (Å²) in [5.41, 5.74) is 6.72. The highest BCUT2D eigenvalue weighted by molar-refractivity contribution is 5.30. The lowest BCUT2D eigenvalue weighted by atomic mass is 10.3. The van der Waals surface area contributed by atoms with Crippen LogP contribution in [0.25, 0.3) is 5.69 Å². The highest BCUT2D eigenvalue weighted by Gasteiger charge is 2.10. The highest BCUT2D eigenvalue weighted by Crippen LogP contribution is 2.10. The minimum atomic E-state index is -0.748. The van der Waals surface area contributed by atoms with Crippen molar-refractivity contribution >= 4 is 0 Å². The summed E-state index contributed by atoms with van der Waals surface area (Å²) < 4.78 is 1.61. The Labute approximate surface area is 87.1 Å². The van der Waals surface area contributed by atoms with Gasteiger partial charge < -0.3 is 10.8 Å². The number of aliphatic hydroxyl groups is 1. The monoisotopic (exact) mass is 204 g/mol. The van der Waals surface area contributed by atoms with Crippen LogP contribution in [0.15, 0.2) is 36.5 Å². The predicted molar refractivity (Wildman–Crippen MR) is 55.4 cm³/mol.